The number of alkyl halides is 3. The lowest BCUT2D eigenvalue weighted by Crippen LogP contribution is -2.48. The standard InChI is InChI=1S/C15H16F3N3O3S/c16-15(17,18)10-2-1-3-11-12(10)24-13(19-11)25-9-8-20-4-6-21(7-5-20)14(22)23/h1-3H,4-9H2,(H,22,23). The topological polar surface area (TPSA) is 69.8 Å². The number of rotatable bonds is 4. The molecule has 1 aliphatic rings. The van der Waals surface area contributed by atoms with E-state index in [1.54, 1.807) is 0 Å². The van der Waals surface area contributed by atoms with Gasteiger partial charge in [0.25, 0.3) is 5.22 Å². The number of halogens is 3. The maximum Gasteiger partial charge on any atom is 0.420 e. The van der Waals surface area contributed by atoms with E-state index in [9.17, 15) is 18.0 Å². The molecule has 0 unspecified atom stereocenters. The fourth-order valence-corrected chi connectivity index (χ4v) is 3.47. The Hall–Kier alpha value is -1.94. The number of thioether (sulfide) groups is 1. The SMILES string of the molecule is O=C(O)N1CCN(CCSc2nc3cccc(C(F)(F)F)c3o2)CC1. The van der Waals surface area contributed by atoms with E-state index >= 15 is 0 Å². The van der Waals surface area contributed by atoms with Gasteiger partial charge in [-0.2, -0.15) is 13.2 Å². The number of piperazine rings is 1. The second-order valence-corrected chi connectivity index (χ2v) is 6.64. The van der Waals surface area contributed by atoms with Gasteiger partial charge in [-0.25, -0.2) is 9.78 Å². The van der Waals surface area contributed by atoms with E-state index in [1.165, 1.54) is 28.8 Å². The van der Waals surface area contributed by atoms with Crippen LogP contribution in [0.15, 0.2) is 27.8 Å². The maximum absolute atomic E-state index is 13.0. The molecule has 0 spiro atoms. The van der Waals surface area contributed by atoms with Gasteiger partial charge in [-0.15, -0.1) is 0 Å². The Balaban J connectivity index is 1.57. The van der Waals surface area contributed by atoms with Crippen LogP contribution in [0.25, 0.3) is 11.1 Å². The van der Waals surface area contributed by atoms with Crippen LogP contribution in [0.2, 0.25) is 0 Å². The van der Waals surface area contributed by atoms with Crippen LogP contribution in [0.3, 0.4) is 0 Å². The fraction of sp³-hybridized carbons (Fsp3) is 0.467. The van der Waals surface area contributed by atoms with Gasteiger partial charge in [0.1, 0.15) is 11.1 Å². The summed E-state index contributed by atoms with van der Waals surface area (Å²) in [6, 6.07) is 3.78. The molecule has 1 aromatic heterocycles. The molecule has 3 rings (SSSR count). The quantitative estimate of drug-likeness (QED) is 0.828. The van der Waals surface area contributed by atoms with Gasteiger partial charge in [-0.05, 0) is 12.1 Å². The summed E-state index contributed by atoms with van der Waals surface area (Å²) in [5.41, 5.74) is -0.880. The van der Waals surface area contributed by atoms with Crippen molar-refractivity contribution in [2.75, 3.05) is 38.5 Å². The zero-order valence-corrected chi connectivity index (χ0v) is 13.9. The summed E-state index contributed by atoms with van der Waals surface area (Å²) in [5, 5.41) is 9.11. The molecular weight excluding hydrogens is 359 g/mol. The molecule has 0 atom stereocenters. The molecule has 1 fully saturated rings. The molecule has 25 heavy (non-hydrogen) atoms. The Bertz CT molecular complexity index is 757. The van der Waals surface area contributed by atoms with E-state index in [2.05, 4.69) is 9.88 Å². The lowest BCUT2D eigenvalue weighted by atomic mass is 10.2. The van der Waals surface area contributed by atoms with Crippen molar-refractivity contribution in [3.8, 4) is 0 Å². The molecule has 10 heteroatoms. The highest BCUT2D eigenvalue weighted by Gasteiger charge is 2.34. The summed E-state index contributed by atoms with van der Waals surface area (Å²) in [4.78, 5) is 18.4. The molecule has 0 aliphatic carbocycles. The van der Waals surface area contributed by atoms with Crippen LogP contribution in [0.4, 0.5) is 18.0 Å². The molecule has 1 aliphatic heterocycles. The summed E-state index contributed by atoms with van der Waals surface area (Å²) in [6.45, 7) is 2.87. The van der Waals surface area contributed by atoms with Crippen molar-refractivity contribution in [1.29, 1.82) is 0 Å². The first-order valence-corrected chi connectivity index (χ1v) is 8.63. The molecule has 6 nitrogen and oxygen atoms in total. The zero-order valence-electron chi connectivity index (χ0n) is 13.1. The first-order valence-electron chi connectivity index (χ1n) is 7.64. The number of oxazole rings is 1. The van der Waals surface area contributed by atoms with Gasteiger partial charge >= 0.3 is 12.3 Å². The van der Waals surface area contributed by atoms with Crippen LogP contribution in [-0.4, -0.2) is 64.5 Å². The molecular formula is C15H16F3N3O3S. The zero-order chi connectivity index (χ0) is 18.0. The van der Waals surface area contributed by atoms with Crippen LogP contribution in [-0.2, 0) is 6.18 Å². The Morgan fingerprint density at radius 1 is 1.28 bits per heavy atom. The van der Waals surface area contributed by atoms with E-state index in [0.717, 1.165) is 6.07 Å². The second kappa shape index (κ2) is 7.12. The summed E-state index contributed by atoms with van der Waals surface area (Å²) in [6.07, 6.45) is -5.40. The molecule has 1 amide bonds. The van der Waals surface area contributed by atoms with Gasteiger partial charge < -0.3 is 14.4 Å². The van der Waals surface area contributed by atoms with Gasteiger partial charge in [0.15, 0.2) is 5.58 Å². The molecule has 0 radical (unpaired) electrons. The summed E-state index contributed by atoms with van der Waals surface area (Å²) < 4.78 is 44.2. The van der Waals surface area contributed by atoms with Crippen molar-refractivity contribution in [3.05, 3.63) is 23.8 Å². The highest BCUT2D eigenvalue weighted by Crippen LogP contribution is 2.36. The minimum Gasteiger partial charge on any atom is -0.465 e. The molecule has 0 saturated carbocycles. The van der Waals surface area contributed by atoms with Crippen molar-refractivity contribution >= 4 is 29.0 Å². The molecule has 2 heterocycles. The van der Waals surface area contributed by atoms with Crippen molar-refractivity contribution in [1.82, 2.24) is 14.8 Å². The summed E-state index contributed by atoms with van der Waals surface area (Å²) >= 11 is 1.25. The highest BCUT2D eigenvalue weighted by atomic mass is 32.2. The number of hydrogen-bond donors (Lipinski definition) is 1. The Morgan fingerprint density at radius 3 is 2.64 bits per heavy atom. The number of para-hydroxylation sites is 1. The molecule has 2 aromatic rings. The average molecular weight is 375 g/mol. The molecule has 136 valence electrons. The number of hydrogen-bond acceptors (Lipinski definition) is 5. The van der Waals surface area contributed by atoms with Crippen molar-refractivity contribution in [2.45, 2.75) is 11.4 Å². The Morgan fingerprint density at radius 2 is 2.00 bits per heavy atom. The number of aromatic nitrogens is 1. The first-order chi connectivity index (χ1) is 11.8. The Kier molecular flexibility index (Phi) is 5.09. The third-order valence-corrected chi connectivity index (χ3v) is 4.78. The lowest BCUT2D eigenvalue weighted by Gasteiger charge is -2.32. The van der Waals surface area contributed by atoms with Gasteiger partial charge in [0.2, 0.25) is 0 Å². The van der Waals surface area contributed by atoms with Crippen LogP contribution >= 0.6 is 11.8 Å². The third-order valence-electron chi connectivity index (χ3n) is 3.98. The normalized spacial score (nSPS) is 16.5. The second-order valence-electron chi connectivity index (χ2n) is 5.59. The minimum absolute atomic E-state index is 0.187. The number of carboxylic acid groups (broad SMARTS) is 1. The average Bonchev–Trinajstić information content (AvgIpc) is 2.97. The monoisotopic (exact) mass is 375 g/mol. The van der Waals surface area contributed by atoms with Crippen LogP contribution in [0, 0.1) is 0 Å². The minimum atomic E-state index is -4.48. The van der Waals surface area contributed by atoms with E-state index in [1.807, 2.05) is 0 Å². The van der Waals surface area contributed by atoms with Crippen LogP contribution < -0.4 is 0 Å². The van der Waals surface area contributed by atoms with Gasteiger partial charge in [-0.1, -0.05) is 17.8 Å². The molecule has 0 bridgehead atoms. The van der Waals surface area contributed by atoms with Crippen molar-refractivity contribution in [2.24, 2.45) is 0 Å². The van der Waals surface area contributed by atoms with Crippen molar-refractivity contribution < 1.29 is 27.5 Å². The predicted molar refractivity (Wildman–Crippen MR) is 85.8 cm³/mol. The first kappa shape index (κ1) is 17.9. The fourth-order valence-electron chi connectivity index (χ4n) is 2.64. The third kappa shape index (κ3) is 4.18. The molecule has 1 aromatic carbocycles. The smallest absolute Gasteiger partial charge is 0.420 e. The van der Waals surface area contributed by atoms with Gasteiger partial charge in [-0.3, -0.25) is 4.90 Å². The van der Waals surface area contributed by atoms with Gasteiger partial charge in [0, 0.05) is 38.5 Å². The van der Waals surface area contributed by atoms with Crippen molar-refractivity contribution in [3.63, 3.8) is 0 Å². The number of carbonyl (C=O) groups is 1. The summed E-state index contributed by atoms with van der Waals surface area (Å²) in [5.74, 6) is 0.598. The number of amides is 1. The number of nitrogens with zero attached hydrogens (tertiary/aromatic N) is 3. The van der Waals surface area contributed by atoms with E-state index in [-0.39, 0.29) is 16.3 Å². The largest absolute Gasteiger partial charge is 0.465 e. The highest BCUT2D eigenvalue weighted by molar-refractivity contribution is 7.99. The lowest BCUT2D eigenvalue weighted by molar-refractivity contribution is -0.136. The summed E-state index contributed by atoms with van der Waals surface area (Å²) in [7, 11) is 0. The molecule has 1 N–H and O–H groups in total. The van der Waals surface area contributed by atoms with Gasteiger partial charge in [0.05, 0.1) is 0 Å². The van der Waals surface area contributed by atoms with E-state index in [0.29, 0.717) is 38.5 Å². The predicted octanol–water partition coefficient (Wildman–Crippen LogP) is 3.23. The number of benzene rings is 1. The van der Waals surface area contributed by atoms with Crippen LogP contribution in [0.5, 0.6) is 0 Å². The Labute approximate surface area is 145 Å². The molecule has 1 saturated heterocycles. The van der Waals surface area contributed by atoms with Crippen LogP contribution in [0.1, 0.15) is 5.56 Å². The maximum atomic E-state index is 13.0. The van der Waals surface area contributed by atoms with E-state index in [4.69, 9.17) is 9.52 Å². The van der Waals surface area contributed by atoms with E-state index < -0.39 is 17.8 Å². The number of fused-ring (bicyclic) bond motifs is 1.